The lowest BCUT2D eigenvalue weighted by Gasteiger charge is -2.33. The van der Waals surface area contributed by atoms with E-state index >= 15 is 0 Å². The maximum Gasteiger partial charge on any atom is 0.277 e. The number of pyridine rings is 1. The van der Waals surface area contributed by atoms with Crippen LogP contribution < -0.4 is 5.56 Å². The third-order valence-corrected chi connectivity index (χ3v) is 8.58. The molecule has 0 aliphatic rings. The highest BCUT2D eigenvalue weighted by Gasteiger charge is 2.41. The Morgan fingerprint density at radius 1 is 1.39 bits per heavy atom. The molecule has 0 atom stereocenters. The molecule has 5 heteroatoms. The van der Waals surface area contributed by atoms with Crippen molar-refractivity contribution in [3.63, 3.8) is 0 Å². The van der Waals surface area contributed by atoms with Crippen molar-refractivity contribution in [1.82, 2.24) is 4.57 Å². The van der Waals surface area contributed by atoms with Gasteiger partial charge >= 0.3 is 0 Å². The molecule has 1 N–H and O–H groups in total. The quantitative estimate of drug-likeness (QED) is 0.643. The van der Waals surface area contributed by atoms with E-state index in [-0.39, 0.29) is 29.9 Å². The molecule has 0 aliphatic heterocycles. The van der Waals surface area contributed by atoms with Crippen LogP contribution in [0, 0.1) is 11.5 Å². The van der Waals surface area contributed by atoms with Crippen LogP contribution in [0.25, 0.3) is 0 Å². The minimum Gasteiger partial charge on any atom is -0.400 e. The fraction of sp³-hybridized carbons (Fsp3) is 0.500. The molecule has 0 amide bonds. The summed E-state index contributed by atoms with van der Waals surface area (Å²) in [7, 11) is -0.705. The van der Waals surface area contributed by atoms with Crippen LogP contribution in [0.2, 0.25) is 11.1 Å². The van der Waals surface area contributed by atoms with Crippen LogP contribution in [-0.4, -0.2) is 24.6 Å². The number of aliphatic hydroxyl groups is 1. The molecule has 0 aliphatic carbocycles. The smallest absolute Gasteiger partial charge is 0.277 e. The van der Waals surface area contributed by atoms with E-state index < -0.39 is 8.32 Å². The van der Waals surface area contributed by atoms with Crippen LogP contribution in [0.15, 0.2) is 35.3 Å². The monoisotopic (exact) mass is 333 g/mol. The number of aryl methyl sites for hydroxylation is 1. The first-order valence-electron chi connectivity index (χ1n) is 7.84. The molecule has 0 radical (unpaired) electrons. The summed E-state index contributed by atoms with van der Waals surface area (Å²) in [5.74, 6) is 2.96. The van der Waals surface area contributed by atoms with Crippen molar-refractivity contribution >= 4 is 8.32 Å². The van der Waals surface area contributed by atoms with Crippen molar-refractivity contribution < 1.29 is 9.53 Å². The number of hydrogen-bond donors (Lipinski definition) is 1. The van der Waals surface area contributed by atoms with Gasteiger partial charge in [0, 0.05) is 24.4 Å². The zero-order valence-corrected chi connectivity index (χ0v) is 15.7. The van der Waals surface area contributed by atoms with Crippen LogP contribution in [0.4, 0.5) is 0 Å². The van der Waals surface area contributed by atoms with Crippen molar-refractivity contribution in [2.45, 2.75) is 45.4 Å². The first-order chi connectivity index (χ1) is 10.7. The summed E-state index contributed by atoms with van der Waals surface area (Å²) in [4.78, 5) is 12.2. The summed E-state index contributed by atoms with van der Waals surface area (Å²) in [5, 5.41) is 9.11. The maximum atomic E-state index is 12.2. The molecular formula is C18H27NO3Si. The molecule has 0 fully saturated rings. The Bertz CT molecular complexity index is 657. The normalized spacial score (nSPS) is 11.5. The van der Waals surface area contributed by atoms with Gasteiger partial charge in [-0.3, -0.25) is 4.79 Å². The number of rotatable bonds is 6. The second-order valence-electron chi connectivity index (χ2n) is 6.35. The molecule has 1 aromatic rings. The molecule has 0 unspecified atom stereocenters. The van der Waals surface area contributed by atoms with Crippen LogP contribution in [0.5, 0.6) is 0 Å². The van der Waals surface area contributed by atoms with Crippen LogP contribution in [0.1, 0.15) is 33.3 Å². The second kappa shape index (κ2) is 8.30. The fourth-order valence-corrected chi connectivity index (χ4v) is 5.93. The molecule has 23 heavy (non-hydrogen) atoms. The lowest BCUT2D eigenvalue weighted by atomic mass is 10.3. The third kappa shape index (κ3) is 4.68. The molecule has 0 saturated heterocycles. The second-order valence-corrected chi connectivity index (χ2v) is 10.8. The molecule has 0 spiro atoms. The summed E-state index contributed by atoms with van der Waals surface area (Å²) in [6, 6.07) is 3.63. The highest BCUT2D eigenvalue weighted by molar-refractivity contribution is 6.84. The van der Waals surface area contributed by atoms with Crippen LogP contribution in [0.3, 0.4) is 0 Å². The number of aromatic nitrogens is 1. The lowest BCUT2D eigenvalue weighted by molar-refractivity contribution is 0.281. The van der Waals surface area contributed by atoms with Gasteiger partial charge in [-0.1, -0.05) is 45.7 Å². The minimum atomic E-state index is -2.43. The van der Waals surface area contributed by atoms with E-state index in [4.69, 9.17) is 9.53 Å². The van der Waals surface area contributed by atoms with Gasteiger partial charge in [0.25, 0.3) is 13.9 Å². The molecule has 0 bridgehead atoms. The summed E-state index contributed by atoms with van der Waals surface area (Å²) in [6.07, 6.45) is 1.73. The first kappa shape index (κ1) is 19.4. The highest BCUT2D eigenvalue weighted by Crippen LogP contribution is 2.33. The Kier molecular flexibility index (Phi) is 7.01. The Morgan fingerprint density at radius 2 is 2.00 bits per heavy atom. The summed E-state index contributed by atoms with van der Waals surface area (Å²) >= 11 is 0. The fourth-order valence-electron chi connectivity index (χ4n) is 2.51. The zero-order chi connectivity index (χ0) is 17.6. The van der Waals surface area contributed by atoms with Gasteiger partial charge in [-0.05, 0) is 23.2 Å². The van der Waals surface area contributed by atoms with E-state index in [1.165, 1.54) is 0 Å². The molecule has 1 heterocycles. The van der Waals surface area contributed by atoms with Gasteiger partial charge in [0.05, 0.1) is 13.2 Å². The minimum absolute atomic E-state index is 0.0457. The third-order valence-electron chi connectivity index (χ3n) is 4.01. The predicted octanol–water partition coefficient (Wildman–Crippen LogP) is 2.76. The van der Waals surface area contributed by atoms with Gasteiger partial charge in [0.1, 0.15) is 0 Å². The molecule has 1 rings (SSSR count). The van der Waals surface area contributed by atoms with Gasteiger partial charge in [0.2, 0.25) is 0 Å². The van der Waals surface area contributed by atoms with E-state index in [9.17, 15) is 4.79 Å². The Labute approximate surface area is 139 Å². The molecule has 126 valence electrons. The highest BCUT2D eigenvalue weighted by atomic mass is 28.4. The van der Waals surface area contributed by atoms with E-state index in [1.807, 2.05) is 6.07 Å². The van der Waals surface area contributed by atoms with Gasteiger partial charge in [0.15, 0.2) is 0 Å². The average molecular weight is 334 g/mol. The van der Waals surface area contributed by atoms with Crippen molar-refractivity contribution in [3.05, 3.63) is 46.4 Å². The first-order valence-corrected chi connectivity index (χ1v) is 9.91. The van der Waals surface area contributed by atoms with E-state index in [0.29, 0.717) is 11.1 Å². The summed E-state index contributed by atoms with van der Waals surface area (Å²) in [5.41, 5.74) is 4.88. The molecular weight excluding hydrogens is 306 g/mol. The molecule has 0 saturated carbocycles. The Balaban J connectivity index is 3.15. The summed E-state index contributed by atoms with van der Waals surface area (Å²) in [6.45, 7) is 12.3. The van der Waals surface area contributed by atoms with Crippen LogP contribution in [-0.2, 0) is 18.1 Å². The topological polar surface area (TPSA) is 51.5 Å². The van der Waals surface area contributed by atoms with E-state index in [1.54, 1.807) is 23.9 Å². The Hall–Kier alpha value is -1.61. The summed E-state index contributed by atoms with van der Waals surface area (Å²) < 4.78 is 7.85. The largest absolute Gasteiger partial charge is 0.400 e. The zero-order valence-electron chi connectivity index (χ0n) is 14.7. The van der Waals surface area contributed by atoms with Crippen molar-refractivity contribution in [3.8, 4) is 11.5 Å². The van der Waals surface area contributed by atoms with Crippen LogP contribution >= 0.6 is 0 Å². The van der Waals surface area contributed by atoms with E-state index in [0.717, 1.165) is 0 Å². The molecule has 4 nitrogen and oxygen atoms in total. The number of nitrogens with zero attached hydrogens (tertiary/aromatic N) is 1. The standard InChI is InChI=1S/C18H27NO3Si/c1-14(2)23(15(3)4,11-9-16(5)12-20)22-13-17-8-7-10-19(6)18(17)21/h7-8,10,14-15,20H,5,12-13H2,1-4,6H3. The van der Waals surface area contributed by atoms with Gasteiger partial charge in [-0.2, -0.15) is 0 Å². The average Bonchev–Trinajstić information content (AvgIpc) is 2.50. The van der Waals surface area contributed by atoms with Gasteiger partial charge in [-0.15, -0.1) is 0 Å². The SMILES string of the molecule is C=C(C#C[Si](OCc1cccn(C)c1=O)(C(C)C)C(C)C)CO. The lowest BCUT2D eigenvalue weighted by Crippen LogP contribution is -2.44. The maximum absolute atomic E-state index is 12.2. The van der Waals surface area contributed by atoms with E-state index in [2.05, 4.69) is 45.7 Å². The number of hydrogen-bond acceptors (Lipinski definition) is 3. The molecule has 0 aromatic carbocycles. The Morgan fingerprint density at radius 3 is 2.52 bits per heavy atom. The van der Waals surface area contributed by atoms with Crippen molar-refractivity contribution in [1.29, 1.82) is 0 Å². The number of aliphatic hydroxyl groups excluding tert-OH is 1. The molecule has 1 aromatic heterocycles. The van der Waals surface area contributed by atoms with Crippen molar-refractivity contribution in [2.75, 3.05) is 6.61 Å². The van der Waals surface area contributed by atoms with Gasteiger partial charge < -0.3 is 14.1 Å². The van der Waals surface area contributed by atoms with Gasteiger partial charge in [-0.25, -0.2) is 0 Å². The predicted molar refractivity (Wildman–Crippen MR) is 96.4 cm³/mol. The van der Waals surface area contributed by atoms with Crippen molar-refractivity contribution in [2.24, 2.45) is 7.05 Å².